The Morgan fingerprint density at radius 1 is 1.30 bits per heavy atom. The lowest BCUT2D eigenvalue weighted by Gasteiger charge is -2.16. The van der Waals surface area contributed by atoms with E-state index in [1.54, 1.807) is 6.07 Å². The molecule has 2 nitrogen and oxygen atoms in total. The first-order valence-electron chi connectivity index (χ1n) is 6.76. The molecule has 0 aromatic heterocycles. The highest BCUT2D eigenvalue weighted by Crippen LogP contribution is 2.33. The van der Waals surface area contributed by atoms with E-state index in [4.69, 9.17) is 5.26 Å². The van der Waals surface area contributed by atoms with Gasteiger partial charge in [0.05, 0.1) is 17.2 Å². The summed E-state index contributed by atoms with van der Waals surface area (Å²) in [5, 5.41) is 12.0. The average molecular weight is 284 g/mol. The molecule has 5 heteroatoms. The summed E-state index contributed by atoms with van der Waals surface area (Å²) in [5.41, 5.74) is -0.675. The SMILES string of the molecule is CCCCCC(C)Nc1ccc(C(F)(F)F)c(C#N)c1. The maximum absolute atomic E-state index is 12.7. The van der Waals surface area contributed by atoms with Crippen molar-refractivity contribution in [2.24, 2.45) is 0 Å². The molecule has 1 unspecified atom stereocenters. The van der Waals surface area contributed by atoms with Crippen LogP contribution < -0.4 is 5.32 Å². The van der Waals surface area contributed by atoms with Crippen molar-refractivity contribution in [2.75, 3.05) is 5.32 Å². The molecule has 0 spiro atoms. The second-order valence-electron chi connectivity index (χ2n) is 4.91. The Labute approximate surface area is 117 Å². The minimum Gasteiger partial charge on any atom is -0.383 e. The number of alkyl halides is 3. The van der Waals surface area contributed by atoms with Gasteiger partial charge in [-0.2, -0.15) is 18.4 Å². The molecule has 0 heterocycles. The Morgan fingerprint density at radius 2 is 2.00 bits per heavy atom. The predicted molar refractivity (Wildman–Crippen MR) is 73.4 cm³/mol. The largest absolute Gasteiger partial charge is 0.417 e. The zero-order valence-electron chi connectivity index (χ0n) is 11.7. The third-order valence-corrected chi connectivity index (χ3v) is 3.10. The summed E-state index contributed by atoms with van der Waals surface area (Å²) < 4.78 is 38.0. The number of benzene rings is 1. The Morgan fingerprint density at radius 3 is 2.55 bits per heavy atom. The van der Waals surface area contributed by atoms with Crippen molar-refractivity contribution in [2.45, 2.75) is 51.7 Å². The van der Waals surface area contributed by atoms with Crippen LogP contribution in [0.3, 0.4) is 0 Å². The fourth-order valence-corrected chi connectivity index (χ4v) is 2.03. The number of nitrogens with zero attached hydrogens (tertiary/aromatic N) is 1. The Balaban J connectivity index is 2.76. The fourth-order valence-electron chi connectivity index (χ4n) is 2.03. The van der Waals surface area contributed by atoms with Crippen LogP contribution in [-0.2, 0) is 6.18 Å². The molecule has 20 heavy (non-hydrogen) atoms. The van der Waals surface area contributed by atoms with Gasteiger partial charge in [0.2, 0.25) is 0 Å². The monoisotopic (exact) mass is 284 g/mol. The van der Waals surface area contributed by atoms with Gasteiger partial charge in [-0.3, -0.25) is 0 Å². The highest BCUT2D eigenvalue weighted by molar-refractivity contribution is 5.54. The Bertz CT molecular complexity index is 475. The minimum atomic E-state index is -4.49. The van der Waals surface area contributed by atoms with E-state index in [-0.39, 0.29) is 11.6 Å². The van der Waals surface area contributed by atoms with Gasteiger partial charge in [0, 0.05) is 11.7 Å². The van der Waals surface area contributed by atoms with Crippen LogP contribution in [0.15, 0.2) is 18.2 Å². The van der Waals surface area contributed by atoms with Crippen molar-refractivity contribution in [3.8, 4) is 6.07 Å². The van der Waals surface area contributed by atoms with Gasteiger partial charge in [-0.25, -0.2) is 0 Å². The number of nitrogens with one attached hydrogen (secondary N) is 1. The molecule has 1 aromatic rings. The molecular formula is C15H19F3N2. The quantitative estimate of drug-likeness (QED) is 0.749. The lowest BCUT2D eigenvalue weighted by molar-refractivity contribution is -0.137. The molecule has 0 fully saturated rings. The molecule has 0 amide bonds. The van der Waals surface area contributed by atoms with Crippen LogP contribution in [0.4, 0.5) is 18.9 Å². The van der Waals surface area contributed by atoms with Gasteiger partial charge >= 0.3 is 6.18 Å². The molecule has 0 bridgehead atoms. The molecule has 0 saturated heterocycles. The number of rotatable bonds is 6. The van der Waals surface area contributed by atoms with E-state index in [9.17, 15) is 13.2 Å². The standard InChI is InChI=1S/C15H19F3N2/c1-3-4-5-6-11(2)20-13-7-8-14(15(16,17)18)12(9-13)10-19/h7-9,11,20H,3-6H2,1-2H3. The Hall–Kier alpha value is -1.70. The van der Waals surface area contributed by atoms with Crippen molar-refractivity contribution < 1.29 is 13.2 Å². The smallest absolute Gasteiger partial charge is 0.383 e. The normalized spacial score (nSPS) is 12.8. The van der Waals surface area contributed by atoms with Crippen molar-refractivity contribution >= 4 is 5.69 Å². The second kappa shape index (κ2) is 7.18. The summed E-state index contributed by atoms with van der Waals surface area (Å²) in [4.78, 5) is 0. The maximum atomic E-state index is 12.7. The van der Waals surface area contributed by atoms with Gasteiger partial charge in [-0.05, 0) is 31.5 Å². The molecule has 0 aliphatic heterocycles. The van der Waals surface area contributed by atoms with Crippen LogP contribution >= 0.6 is 0 Å². The molecule has 1 atom stereocenters. The molecule has 110 valence electrons. The molecule has 1 rings (SSSR count). The topological polar surface area (TPSA) is 35.8 Å². The summed E-state index contributed by atoms with van der Waals surface area (Å²) in [6.07, 6.45) is -0.183. The first-order valence-corrected chi connectivity index (χ1v) is 6.76. The molecule has 0 radical (unpaired) electrons. The van der Waals surface area contributed by atoms with Gasteiger partial charge in [0.1, 0.15) is 0 Å². The van der Waals surface area contributed by atoms with E-state index in [2.05, 4.69) is 12.2 Å². The number of nitriles is 1. The van der Waals surface area contributed by atoms with Crippen molar-refractivity contribution in [1.29, 1.82) is 5.26 Å². The van der Waals surface area contributed by atoms with Crippen LogP contribution in [0, 0.1) is 11.3 Å². The second-order valence-corrected chi connectivity index (χ2v) is 4.91. The van der Waals surface area contributed by atoms with Gasteiger partial charge in [-0.15, -0.1) is 0 Å². The van der Waals surface area contributed by atoms with Crippen molar-refractivity contribution in [3.63, 3.8) is 0 Å². The molecule has 1 aromatic carbocycles. The first-order chi connectivity index (χ1) is 9.38. The average Bonchev–Trinajstić information content (AvgIpc) is 2.37. The lowest BCUT2D eigenvalue weighted by atomic mass is 10.1. The van der Waals surface area contributed by atoms with Gasteiger partial charge in [0.25, 0.3) is 0 Å². The van der Waals surface area contributed by atoms with Crippen LogP contribution in [0.5, 0.6) is 0 Å². The molecule has 0 aliphatic carbocycles. The summed E-state index contributed by atoms with van der Waals surface area (Å²) >= 11 is 0. The van der Waals surface area contributed by atoms with Crippen LogP contribution in [0.25, 0.3) is 0 Å². The van der Waals surface area contributed by atoms with Gasteiger partial charge < -0.3 is 5.32 Å². The van der Waals surface area contributed by atoms with E-state index in [1.165, 1.54) is 12.1 Å². The first kappa shape index (κ1) is 16.4. The lowest BCUT2D eigenvalue weighted by Crippen LogP contribution is -2.15. The van der Waals surface area contributed by atoms with Crippen molar-refractivity contribution in [3.05, 3.63) is 29.3 Å². The minimum absolute atomic E-state index is 0.171. The molecular weight excluding hydrogens is 265 g/mol. The maximum Gasteiger partial charge on any atom is 0.417 e. The predicted octanol–water partition coefficient (Wildman–Crippen LogP) is 4.96. The van der Waals surface area contributed by atoms with E-state index < -0.39 is 11.7 Å². The van der Waals surface area contributed by atoms with Crippen LogP contribution in [0.1, 0.15) is 50.7 Å². The number of unbranched alkanes of at least 4 members (excludes halogenated alkanes) is 2. The Kier molecular flexibility index (Phi) is 5.87. The zero-order valence-corrected chi connectivity index (χ0v) is 11.7. The van der Waals surface area contributed by atoms with Crippen LogP contribution in [-0.4, -0.2) is 6.04 Å². The fraction of sp³-hybridized carbons (Fsp3) is 0.533. The zero-order chi connectivity index (χ0) is 15.2. The van der Waals surface area contributed by atoms with Gasteiger partial charge in [-0.1, -0.05) is 26.2 Å². The van der Waals surface area contributed by atoms with E-state index in [0.717, 1.165) is 31.7 Å². The van der Waals surface area contributed by atoms with Gasteiger partial charge in [0.15, 0.2) is 0 Å². The molecule has 0 aliphatic rings. The molecule has 0 saturated carbocycles. The summed E-state index contributed by atoms with van der Waals surface area (Å²) in [6, 6.07) is 5.38. The third-order valence-electron chi connectivity index (χ3n) is 3.10. The van der Waals surface area contributed by atoms with Crippen LogP contribution in [0.2, 0.25) is 0 Å². The number of hydrogen-bond acceptors (Lipinski definition) is 2. The highest BCUT2D eigenvalue weighted by Gasteiger charge is 2.33. The number of anilines is 1. The van der Waals surface area contributed by atoms with Crippen molar-refractivity contribution in [1.82, 2.24) is 0 Å². The van der Waals surface area contributed by atoms with E-state index in [0.29, 0.717) is 5.69 Å². The summed E-state index contributed by atoms with van der Waals surface area (Å²) in [6.45, 7) is 4.10. The third kappa shape index (κ3) is 4.76. The van der Waals surface area contributed by atoms with E-state index in [1.807, 2.05) is 6.92 Å². The summed E-state index contributed by atoms with van der Waals surface area (Å²) in [7, 11) is 0. The molecule has 1 N–H and O–H groups in total. The number of halogens is 3. The number of hydrogen-bond donors (Lipinski definition) is 1. The summed E-state index contributed by atoms with van der Waals surface area (Å²) in [5.74, 6) is 0. The highest BCUT2D eigenvalue weighted by atomic mass is 19.4. The van der Waals surface area contributed by atoms with E-state index >= 15 is 0 Å².